The van der Waals surface area contributed by atoms with Gasteiger partial charge in [-0.05, 0) is 30.7 Å². The summed E-state index contributed by atoms with van der Waals surface area (Å²) in [5.74, 6) is -0.169. The molecule has 1 amide bonds. The number of aromatic nitrogens is 2. The molecule has 3 heterocycles. The van der Waals surface area contributed by atoms with Crippen LogP contribution in [0.25, 0.3) is 0 Å². The molecule has 0 bridgehead atoms. The van der Waals surface area contributed by atoms with Gasteiger partial charge in [0.1, 0.15) is 5.82 Å². The molecule has 1 aromatic heterocycles. The summed E-state index contributed by atoms with van der Waals surface area (Å²) in [5, 5.41) is 7.91. The van der Waals surface area contributed by atoms with E-state index in [9.17, 15) is 18.0 Å². The van der Waals surface area contributed by atoms with Crippen molar-refractivity contribution in [3.8, 4) is 0 Å². The number of alkyl halides is 3. The molecule has 5 rings (SSSR count). The second-order valence-corrected chi connectivity index (χ2v) is 9.46. The minimum absolute atomic E-state index is 0.0162. The van der Waals surface area contributed by atoms with Crippen molar-refractivity contribution in [1.82, 2.24) is 14.7 Å². The molecule has 0 unspecified atom stereocenters. The van der Waals surface area contributed by atoms with Crippen LogP contribution in [0.3, 0.4) is 0 Å². The van der Waals surface area contributed by atoms with E-state index in [-0.39, 0.29) is 23.8 Å². The van der Waals surface area contributed by atoms with Gasteiger partial charge in [-0.3, -0.25) is 4.79 Å². The summed E-state index contributed by atoms with van der Waals surface area (Å²) in [7, 11) is 0. The lowest BCUT2D eigenvalue weighted by Crippen LogP contribution is -2.49. The summed E-state index contributed by atoms with van der Waals surface area (Å²) < 4.78 is 42.8. The van der Waals surface area contributed by atoms with E-state index >= 15 is 0 Å². The quantitative estimate of drug-likeness (QED) is 0.515. The Hall–Kier alpha value is -3.20. The maximum atomic E-state index is 14.0. The van der Waals surface area contributed by atoms with Crippen LogP contribution >= 0.6 is 11.6 Å². The molecular formula is C25H25ClF3N5O. The minimum atomic E-state index is -4.49. The molecule has 0 saturated carbocycles. The number of benzene rings is 2. The predicted octanol–water partition coefficient (Wildman–Crippen LogP) is 5.47. The summed E-state index contributed by atoms with van der Waals surface area (Å²) in [6.45, 7) is 4.00. The maximum Gasteiger partial charge on any atom is 0.410 e. The molecular weight excluding hydrogens is 479 g/mol. The maximum absolute atomic E-state index is 14.0. The number of nitrogens with zero attached hydrogens (tertiary/aromatic N) is 4. The van der Waals surface area contributed by atoms with Crippen molar-refractivity contribution in [1.29, 1.82) is 0 Å². The van der Waals surface area contributed by atoms with Gasteiger partial charge in [-0.25, -0.2) is 4.68 Å². The molecule has 2 aliphatic heterocycles. The number of rotatable bonds is 3. The van der Waals surface area contributed by atoms with Crippen LogP contribution < -0.4 is 10.2 Å². The monoisotopic (exact) mass is 503 g/mol. The van der Waals surface area contributed by atoms with E-state index in [1.165, 1.54) is 6.07 Å². The number of aryl methyl sites for hydroxylation is 1. The van der Waals surface area contributed by atoms with Crippen LogP contribution in [0.5, 0.6) is 0 Å². The van der Waals surface area contributed by atoms with Crippen LogP contribution in [0, 0.1) is 6.92 Å². The highest BCUT2D eigenvalue weighted by Gasteiger charge is 2.47. The topological polar surface area (TPSA) is 53.4 Å². The van der Waals surface area contributed by atoms with Gasteiger partial charge in [0.15, 0.2) is 11.7 Å². The third-order valence-corrected chi connectivity index (χ3v) is 6.86. The molecule has 6 nitrogen and oxygen atoms in total. The molecule has 0 aliphatic carbocycles. The van der Waals surface area contributed by atoms with Crippen molar-refractivity contribution < 1.29 is 18.0 Å². The van der Waals surface area contributed by atoms with E-state index in [2.05, 4.69) is 15.3 Å². The lowest BCUT2D eigenvalue weighted by molar-refractivity contribution is -0.173. The summed E-state index contributed by atoms with van der Waals surface area (Å²) >= 11 is 6.09. The number of hydrogen-bond acceptors (Lipinski definition) is 4. The largest absolute Gasteiger partial charge is 0.410 e. The van der Waals surface area contributed by atoms with Gasteiger partial charge in [0.05, 0.1) is 6.04 Å². The fourth-order valence-electron chi connectivity index (χ4n) is 4.70. The average Bonchev–Trinajstić information content (AvgIpc) is 3.27. The van der Waals surface area contributed by atoms with E-state index in [1.807, 2.05) is 49.4 Å². The molecule has 1 fully saturated rings. The summed E-state index contributed by atoms with van der Waals surface area (Å²) in [5.41, 5.74) is 2.79. The number of piperazine rings is 1. The van der Waals surface area contributed by atoms with E-state index in [1.54, 1.807) is 11.0 Å². The van der Waals surface area contributed by atoms with E-state index in [0.29, 0.717) is 31.2 Å². The van der Waals surface area contributed by atoms with Gasteiger partial charge in [0, 0.05) is 49.4 Å². The first-order valence-corrected chi connectivity index (χ1v) is 11.9. The Morgan fingerprint density at radius 1 is 1.06 bits per heavy atom. The molecule has 2 aromatic carbocycles. The number of carbonyl (C=O) groups is 1. The molecule has 2 aliphatic rings. The van der Waals surface area contributed by atoms with E-state index < -0.39 is 18.3 Å². The van der Waals surface area contributed by atoms with Gasteiger partial charge in [-0.2, -0.15) is 18.3 Å². The first-order chi connectivity index (χ1) is 16.7. The third kappa shape index (κ3) is 4.82. The van der Waals surface area contributed by atoms with E-state index in [0.717, 1.165) is 21.5 Å². The predicted molar refractivity (Wildman–Crippen MR) is 129 cm³/mol. The van der Waals surface area contributed by atoms with Gasteiger partial charge < -0.3 is 15.1 Å². The van der Waals surface area contributed by atoms with Crippen molar-refractivity contribution in [2.75, 3.05) is 36.4 Å². The Labute approximate surface area is 206 Å². The SMILES string of the molecule is Cc1ccc([C@@H]2C[C@@H](C(F)(F)F)n3nc(C(=O)N4CCN(c5cccc(Cl)c5)CC4)cc3N2)cc1. The normalized spacial score (nSPS) is 20.4. The van der Waals surface area contributed by atoms with Crippen LogP contribution in [0.4, 0.5) is 24.7 Å². The molecule has 1 saturated heterocycles. The standard InChI is InChI=1S/C25H25ClF3N5O/c1-16-5-7-17(8-6-16)20-14-22(25(27,28)29)34-23(30-20)15-21(31-34)24(35)33-11-9-32(10-12-33)19-4-2-3-18(26)13-19/h2-8,13,15,20,22,30H,9-12,14H2,1H3/t20-,22-/m0/s1. The first kappa shape index (κ1) is 23.5. The minimum Gasteiger partial charge on any atom is -0.368 e. The number of fused-ring (bicyclic) bond motifs is 1. The highest BCUT2D eigenvalue weighted by molar-refractivity contribution is 6.30. The Balaban J connectivity index is 1.34. The molecule has 10 heteroatoms. The smallest absolute Gasteiger partial charge is 0.368 e. The van der Waals surface area contributed by atoms with Gasteiger partial charge in [0.25, 0.3) is 5.91 Å². The molecule has 35 heavy (non-hydrogen) atoms. The van der Waals surface area contributed by atoms with Crippen LogP contribution in [0.2, 0.25) is 5.02 Å². The summed E-state index contributed by atoms with van der Waals surface area (Å²) in [6.07, 6.45) is -4.69. The van der Waals surface area contributed by atoms with Crippen molar-refractivity contribution in [3.63, 3.8) is 0 Å². The molecule has 0 spiro atoms. The fourth-order valence-corrected chi connectivity index (χ4v) is 4.88. The first-order valence-electron chi connectivity index (χ1n) is 11.5. The highest BCUT2D eigenvalue weighted by atomic mass is 35.5. The fraction of sp³-hybridized carbons (Fsp3) is 0.360. The Kier molecular flexibility index (Phi) is 6.13. The van der Waals surface area contributed by atoms with Crippen molar-refractivity contribution in [2.24, 2.45) is 0 Å². The van der Waals surface area contributed by atoms with Crippen LogP contribution in [0.1, 0.15) is 40.1 Å². The van der Waals surface area contributed by atoms with Gasteiger partial charge in [0.2, 0.25) is 0 Å². The van der Waals surface area contributed by atoms with E-state index in [4.69, 9.17) is 11.6 Å². The Bertz CT molecular complexity index is 1220. The van der Waals surface area contributed by atoms with Crippen molar-refractivity contribution in [2.45, 2.75) is 31.6 Å². The number of anilines is 2. The number of halogens is 4. The highest BCUT2D eigenvalue weighted by Crippen LogP contribution is 2.43. The number of nitrogens with one attached hydrogen (secondary N) is 1. The van der Waals surface area contributed by atoms with Crippen LogP contribution in [-0.2, 0) is 0 Å². The lowest BCUT2D eigenvalue weighted by Gasteiger charge is -2.35. The second-order valence-electron chi connectivity index (χ2n) is 9.02. The van der Waals surface area contributed by atoms with Crippen molar-refractivity contribution >= 4 is 29.0 Å². The van der Waals surface area contributed by atoms with Crippen molar-refractivity contribution in [3.05, 3.63) is 76.4 Å². The Morgan fingerprint density at radius 2 is 1.77 bits per heavy atom. The zero-order chi connectivity index (χ0) is 24.7. The number of carbonyl (C=O) groups excluding carboxylic acids is 1. The van der Waals surface area contributed by atoms with Gasteiger partial charge in [-0.1, -0.05) is 47.5 Å². The molecule has 184 valence electrons. The number of amides is 1. The van der Waals surface area contributed by atoms with Gasteiger partial charge in [-0.15, -0.1) is 0 Å². The molecule has 2 atom stereocenters. The molecule has 1 N–H and O–H groups in total. The second kappa shape index (κ2) is 9.11. The lowest BCUT2D eigenvalue weighted by atomic mass is 9.96. The molecule has 3 aromatic rings. The summed E-state index contributed by atoms with van der Waals surface area (Å²) in [4.78, 5) is 16.9. The third-order valence-electron chi connectivity index (χ3n) is 6.63. The zero-order valence-electron chi connectivity index (χ0n) is 19.1. The van der Waals surface area contributed by atoms with Gasteiger partial charge >= 0.3 is 6.18 Å². The average molecular weight is 504 g/mol. The zero-order valence-corrected chi connectivity index (χ0v) is 19.9. The van der Waals surface area contributed by atoms with Crippen LogP contribution in [-0.4, -0.2) is 52.9 Å². The van der Waals surface area contributed by atoms with Crippen LogP contribution in [0.15, 0.2) is 54.6 Å². The molecule has 0 radical (unpaired) electrons. The summed E-state index contributed by atoms with van der Waals surface area (Å²) in [6, 6.07) is 14.0. The number of hydrogen-bond donors (Lipinski definition) is 1. The Morgan fingerprint density at radius 3 is 2.43 bits per heavy atom.